The lowest BCUT2D eigenvalue weighted by molar-refractivity contribution is 0.102. The molecule has 0 spiro atoms. The molecule has 0 heterocycles. The third-order valence-corrected chi connectivity index (χ3v) is 6.77. The fourth-order valence-corrected chi connectivity index (χ4v) is 4.48. The van der Waals surface area contributed by atoms with Crippen molar-refractivity contribution in [2.24, 2.45) is 0 Å². The zero-order valence-corrected chi connectivity index (χ0v) is 19.2. The predicted molar refractivity (Wildman–Crippen MR) is 123 cm³/mol. The number of anilines is 2. The Labute approximate surface area is 194 Å². The van der Waals surface area contributed by atoms with Crippen LogP contribution in [-0.2, 0) is 10.0 Å². The highest BCUT2D eigenvalue weighted by Gasteiger charge is 2.18. The first-order valence-electron chi connectivity index (χ1n) is 8.42. The molecule has 0 saturated heterocycles. The van der Waals surface area contributed by atoms with E-state index in [1.54, 1.807) is 31.2 Å². The Morgan fingerprint density at radius 2 is 1.43 bits per heavy atom. The Kier molecular flexibility index (Phi) is 6.84. The molecule has 1 amide bonds. The van der Waals surface area contributed by atoms with E-state index in [-0.39, 0.29) is 31.6 Å². The van der Waals surface area contributed by atoms with Gasteiger partial charge in [0.05, 0.1) is 25.7 Å². The molecule has 5 nitrogen and oxygen atoms in total. The molecule has 10 heteroatoms. The Morgan fingerprint density at radius 3 is 2.07 bits per heavy atom. The van der Waals surface area contributed by atoms with Gasteiger partial charge in [-0.15, -0.1) is 0 Å². The van der Waals surface area contributed by atoms with Crippen molar-refractivity contribution in [1.82, 2.24) is 0 Å². The highest BCUT2D eigenvalue weighted by Crippen LogP contribution is 2.33. The third-order valence-electron chi connectivity index (χ3n) is 4.12. The van der Waals surface area contributed by atoms with Gasteiger partial charge >= 0.3 is 0 Å². The fraction of sp³-hybridized carbons (Fsp3) is 0.0500. The maximum Gasteiger partial charge on any atom is 0.261 e. The summed E-state index contributed by atoms with van der Waals surface area (Å²) in [4.78, 5) is 12.4. The van der Waals surface area contributed by atoms with Gasteiger partial charge in [0, 0.05) is 16.3 Å². The van der Waals surface area contributed by atoms with Gasteiger partial charge in [0.25, 0.3) is 15.9 Å². The van der Waals surface area contributed by atoms with Crippen LogP contribution >= 0.6 is 46.4 Å². The van der Waals surface area contributed by atoms with Crippen molar-refractivity contribution in [1.29, 1.82) is 0 Å². The van der Waals surface area contributed by atoms with E-state index in [2.05, 4.69) is 10.0 Å². The van der Waals surface area contributed by atoms with Crippen LogP contribution < -0.4 is 10.0 Å². The number of carbonyl (C=O) groups is 1. The summed E-state index contributed by atoms with van der Waals surface area (Å²) in [5, 5.41) is 3.75. The summed E-state index contributed by atoms with van der Waals surface area (Å²) in [6.07, 6.45) is 0. The smallest absolute Gasteiger partial charge is 0.261 e. The Morgan fingerprint density at radius 1 is 0.800 bits per heavy atom. The number of hydrogen-bond donors (Lipinski definition) is 2. The topological polar surface area (TPSA) is 75.3 Å². The molecule has 0 atom stereocenters. The van der Waals surface area contributed by atoms with Crippen molar-refractivity contribution >= 4 is 73.7 Å². The first-order valence-corrected chi connectivity index (χ1v) is 11.4. The van der Waals surface area contributed by atoms with E-state index >= 15 is 0 Å². The van der Waals surface area contributed by atoms with Crippen molar-refractivity contribution < 1.29 is 13.2 Å². The molecule has 30 heavy (non-hydrogen) atoms. The summed E-state index contributed by atoms with van der Waals surface area (Å²) < 4.78 is 27.9. The Balaban J connectivity index is 1.82. The van der Waals surface area contributed by atoms with Crippen molar-refractivity contribution in [2.75, 3.05) is 10.0 Å². The van der Waals surface area contributed by atoms with E-state index in [0.717, 1.165) is 0 Å². The van der Waals surface area contributed by atoms with Gasteiger partial charge in [0.15, 0.2) is 0 Å². The SMILES string of the molecule is Cc1cc(S(=O)(=O)Nc2cc(Cl)c(Cl)cc2Cl)ccc1NC(=O)c1ccc(Cl)cc1. The molecule has 0 fully saturated rings. The minimum atomic E-state index is -3.95. The van der Waals surface area contributed by atoms with Gasteiger partial charge in [-0.25, -0.2) is 8.42 Å². The molecule has 0 radical (unpaired) electrons. The van der Waals surface area contributed by atoms with Crippen molar-refractivity contribution in [3.63, 3.8) is 0 Å². The number of sulfonamides is 1. The third kappa shape index (κ3) is 5.20. The number of hydrogen-bond acceptors (Lipinski definition) is 3. The molecule has 0 bridgehead atoms. The molecule has 0 aliphatic rings. The highest BCUT2D eigenvalue weighted by molar-refractivity contribution is 7.92. The van der Waals surface area contributed by atoms with Crippen LogP contribution in [0.5, 0.6) is 0 Å². The van der Waals surface area contributed by atoms with E-state index in [4.69, 9.17) is 46.4 Å². The molecule has 3 aromatic carbocycles. The largest absolute Gasteiger partial charge is 0.322 e. The van der Waals surface area contributed by atoms with Crippen LogP contribution in [0.4, 0.5) is 11.4 Å². The summed E-state index contributed by atoms with van der Waals surface area (Å²) in [5.41, 5.74) is 1.55. The average Bonchev–Trinajstić information content (AvgIpc) is 2.68. The van der Waals surface area contributed by atoms with Gasteiger partial charge in [-0.1, -0.05) is 46.4 Å². The maximum atomic E-state index is 12.7. The second kappa shape index (κ2) is 9.04. The van der Waals surface area contributed by atoms with Crippen molar-refractivity contribution in [3.05, 3.63) is 85.8 Å². The Hall–Kier alpha value is -1.96. The van der Waals surface area contributed by atoms with Crippen LogP contribution in [0.3, 0.4) is 0 Å². The first kappa shape index (κ1) is 22.7. The summed E-state index contributed by atoms with van der Waals surface area (Å²) in [5.74, 6) is -0.342. The lowest BCUT2D eigenvalue weighted by atomic mass is 10.1. The van der Waals surface area contributed by atoms with Gasteiger partial charge in [0.1, 0.15) is 0 Å². The number of amides is 1. The minimum Gasteiger partial charge on any atom is -0.322 e. The maximum absolute atomic E-state index is 12.7. The normalized spacial score (nSPS) is 11.2. The van der Waals surface area contributed by atoms with Crippen LogP contribution in [-0.4, -0.2) is 14.3 Å². The van der Waals surface area contributed by atoms with E-state index < -0.39 is 10.0 Å². The summed E-state index contributed by atoms with van der Waals surface area (Å²) in [7, 11) is -3.95. The molecule has 2 N–H and O–H groups in total. The quantitative estimate of drug-likeness (QED) is 0.382. The number of nitrogens with one attached hydrogen (secondary N) is 2. The van der Waals surface area contributed by atoms with Crippen molar-refractivity contribution in [3.8, 4) is 0 Å². The monoisotopic (exact) mass is 502 g/mol. The lowest BCUT2D eigenvalue weighted by Gasteiger charge is -2.13. The molecular weight excluding hydrogens is 490 g/mol. The van der Waals surface area contributed by atoms with Gasteiger partial charge in [-0.2, -0.15) is 0 Å². The second-order valence-corrected chi connectivity index (χ2v) is 9.63. The standard InChI is InChI=1S/C20H14Cl4N2O3S/c1-11-8-14(30(28,29)26-19-10-16(23)15(22)9-17(19)24)6-7-18(11)25-20(27)12-2-4-13(21)5-3-12/h2-10,26H,1H3,(H,25,27). The summed E-state index contributed by atoms with van der Waals surface area (Å²) >= 11 is 23.7. The number of halogens is 4. The van der Waals surface area contributed by atoms with Gasteiger partial charge < -0.3 is 5.32 Å². The van der Waals surface area contributed by atoms with Crippen LogP contribution in [0.25, 0.3) is 0 Å². The molecular formula is C20H14Cl4N2O3S. The van der Waals surface area contributed by atoms with Gasteiger partial charge in [-0.05, 0) is 67.1 Å². The first-order chi connectivity index (χ1) is 14.1. The second-order valence-electron chi connectivity index (χ2n) is 6.29. The lowest BCUT2D eigenvalue weighted by Crippen LogP contribution is -2.15. The average molecular weight is 504 g/mol. The number of carbonyl (C=O) groups excluding carboxylic acids is 1. The molecule has 3 aromatic rings. The van der Waals surface area contributed by atoms with Crippen LogP contribution in [0.2, 0.25) is 20.1 Å². The van der Waals surface area contributed by atoms with E-state index in [9.17, 15) is 13.2 Å². The molecule has 156 valence electrons. The van der Waals surface area contributed by atoms with Crippen molar-refractivity contribution in [2.45, 2.75) is 11.8 Å². The van der Waals surface area contributed by atoms with Crippen LogP contribution in [0.15, 0.2) is 59.5 Å². The van der Waals surface area contributed by atoms with Crippen LogP contribution in [0, 0.1) is 6.92 Å². The zero-order valence-electron chi connectivity index (χ0n) is 15.3. The fourth-order valence-electron chi connectivity index (χ4n) is 2.54. The summed E-state index contributed by atoms with van der Waals surface area (Å²) in [6, 6.07) is 13.4. The number of aryl methyl sites for hydroxylation is 1. The van der Waals surface area contributed by atoms with E-state index in [1.165, 1.54) is 30.3 Å². The van der Waals surface area contributed by atoms with Crippen LogP contribution in [0.1, 0.15) is 15.9 Å². The van der Waals surface area contributed by atoms with E-state index in [0.29, 0.717) is 21.8 Å². The Bertz CT molecular complexity index is 1230. The summed E-state index contributed by atoms with van der Waals surface area (Å²) in [6.45, 7) is 1.68. The van der Waals surface area contributed by atoms with E-state index in [1.807, 2.05) is 0 Å². The number of benzene rings is 3. The predicted octanol–water partition coefficient (Wildman–Crippen LogP) is 6.66. The van der Waals surface area contributed by atoms with Gasteiger partial charge in [0.2, 0.25) is 0 Å². The molecule has 0 saturated carbocycles. The molecule has 0 unspecified atom stereocenters. The van der Waals surface area contributed by atoms with Gasteiger partial charge in [-0.3, -0.25) is 9.52 Å². The molecule has 3 rings (SSSR count). The minimum absolute atomic E-state index is 0.00775. The molecule has 0 aliphatic heterocycles. The highest BCUT2D eigenvalue weighted by atomic mass is 35.5. The molecule has 0 aliphatic carbocycles. The zero-order chi connectivity index (χ0) is 22.1. The number of rotatable bonds is 5. The molecule has 0 aromatic heterocycles.